The van der Waals surface area contributed by atoms with Gasteiger partial charge >= 0.3 is 0 Å². The zero-order chi connectivity index (χ0) is 21.4. The van der Waals surface area contributed by atoms with Gasteiger partial charge in [0.15, 0.2) is 0 Å². The van der Waals surface area contributed by atoms with Crippen LogP contribution < -0.4 is 0 Å². The van der Waals surface area contributed by atoms with Gasteiger partial charge in [-0.25, -0.2) is 4.39 Å². The molecule has 5 rings (SSSR count). The maximum Gasteiger partial charge on any atom is 0.297 e. The van der Waals surface area contributed by atoms with Gasteiger partial charge in [0.2, 0.25) is 11.7 Å². The van der Waals surface area contributed by atoms with Crippen molar-refractivity contribution in [2.45, 2.75) is 38.4 Å². The number of ketones is 1. The van der Waals surface area contributed by atoms with Gasteiger partial charge in [-0.05, 0) is 49.5 Å². The van der Waals surface area contributed by atoms with Crippen molar-refractivity contribution < 1.29 is 23.6 Å². The van der Waals surface area contributed by atoms with E-state index < -0.39 is 35.0 Å². The number of Topliss-reactive ketones (excluding diaryl/α,β-unsaturated/α-hetero) is 1. The molecule has 4 aliphatic heterocycles. The molecular formula is C21H19ClFN3O4. The van der Waals surface area contributed by atoms with E-state index in [2.05, 4.69) is 0 Å². The Morgan fingerprint density at radius 3 is 2.67 bits per heavy atom. The second kappa shape index (κ2) is 6.38. The summed E-state index contributed by atoms with van der Waals surface area (Å²) in [5, 5.41) is -0.0512. The summed E-state index contributed by atoms with van der Waals surface area (Å²) in [5.41, 5.74) is 0.442. The molecule has 0 spiro atoms. The summed E-state index contributed by atoms with van der Waals surface area (Å²) in [4.78, 5) is 56.6. The Balaban J connectivity index is 1.51. The molecule has 0 aliphatic carbocycles. The third-order valence-corrected chi connectivity index (χ3v) is 6.95. The number of halogens is 2. The number of amides is 3. The fourth-order valence-corrected chi connectivity index (χ4v) is 5.39. The second-order valence-electron chi connectivity index (χ2n) is 8.35. The number of piperidine rings is 1. The van der Waals surface area contributed by atoms with Crippen LogP contribution in [0.2, 0.25) is 5.02 Å². The number of rotatable bonds is 2. The highest BCUT2D eigenvalue weighted by atomic mass is 35.5. The zero-order valence-electron chi connectivity index (χ0n) is 16.3. The molecule has 7 nitrogen and oxygen atoms in total. The van der Waals surface area contributed by atoms with E-state index in [1.807, 2.05) is 0 Å². The molecule has 156 valence electrons. The molecule has 3 fully saturated rings. The average Bonchev–Trinajstić information content (AvgIpc) is 3.19. The summed E-state index contributed by atoms with van der Waals surface area (Å²) in [6, 6.07) is 4.18. The van der Waals surface area contributed by atoms with E-state index in [1.54, 1.807) is 11.8 Å². The van der Waals surface area contributed by atoms with E-state index in [4.69, 9.17) is 11.6 Å². The lowest BCUT2D eigenvalue weighted by atomic mass is 9.81. The Kier molecular flexibility index (Phi) is 4.09. The monoisotopic (exact) mass is 431 g/mol. The summed E-state index contributed by atoms with van der Waals surface area (Å²) in [6.07, 6.45) is 1.69. The molecule has 2 atom stereocenters. The number of nitrogens with zero attached hydrogens (tertiary/aromatic N) is 3. The minimum Gasteiger partial charge on any atom is -0.337 e. The highest BCUT2D eigenvalue weighted by molar-refractivity contribution is 6.44. The average molecular weight is 432 g/mol. The van der Waals surface area contributed by atoms with Crippen molar-refractivity contribution >= 4 is 35.1 Å². The Morgan fingerprint density at radius 2 is 1.93 bits per heavy atom. The first-order chi connectivity index (χ1) is 14.2. The van der Waals surface area contributed by atoms with Crippen molar-refractivity contribution in [3.63, 3.8) is 0 Å². The van der Waals surface area contributed by atoms with E-state index in [-0.39, 0.29) is 23.2 Å². The topological polar surface area (TPSA) is 78.0 Å². The van der Waals surface area contributed by atoms with Gasteiger partial charge in [0.05, 0.1) is 5.02 Å². The summed E-state index contributed by atoms with van der Waals surface area (Å²) in [7, 11) is 0. The van der Waals surface area contributed by atoms with Crippen LogP contribution in [0, 0.1) is 11.7 Å². The maximum absolute atomic E-state index is 13.4. The van der Waals surface area contributed by atoms with Gasteiger partial charge in [0.1, 0.15) is 23.1 Å². The summed E-state index contributed by atoms with van der Waals surface area (Å²) >= 11 is 5.83. The van der Waals surface area contributed by atoms with Crippen LogP contribution in [0.15, 0.2) is 29.5 Å². The van der Waals surface area contributed by atoms with Crippen molar-refractivity contribution in [1.29, 1.82) is 0 Å². The van der Waals surface area contributed by atoms with E-state index in [0.717, 1.165) is 6.42 Å². The fourth-order valence-electron chi connectivity index (χ4n) is 5.18. The van der Waals surface area contributed by atoms with Gasteiger partial charge in [-0.3, -0.25) is 24.1 Å². The van der Waals surface area contributed by atoms with Crippen molar-refractivity contribution in [1.82, 2.24) is 14.7 Å². The molecule has 0 radical (unpaired) electrons. The number of benzene rings is 1. The molecule has 3 saturated heterocycles. The first-order valence-corrected chi connectivity index (χ1v) is 10.3. The molecule has 2 unspecified atom stereocenters. The smallest absolute Gasteiger partial charge is 0.297 e. The van der Waals surface area contributed by atoms with Crippen LogP contribution >= 0.6 is 11.6 Å². The Morgan fingerprint density at radius 1 is 1.17 bits per heavy atom. The summed E-state index contributed by atoms with van der Waals surface area (Å²) < 4.78 is 13.4. The van der Waals surface area contributed by atoms with Gasteiger partial charge in [0, 0.05) is 19.6 Å². The highest BCUT2D eigenvalue weighted by Crippen LogP contribution is 2.48. The van der Waals surface area contributed by atoms with Crippen LogP contribution in [0.25, 0.3) is 0 Å². The first kappa shape index (κ1) is 19.2. The Bertz CT molecular complexity index is 1070. The minimum absolute atomic E-state index is 0.0512. The van der Waals surface area contributed by atoms with E-state index in [9.17, 15) is 23.6 Å². The molecule has 0 bridgehead atoms. The lowest BCUT2D eigenvalue weighted by Crippen LogP contribution is -2.58. The SMILES string of the molecule is CC12CCCN1C(=O)C1=C3CCN(Cc4ccc(F)c(Cl)c4)C(=O)C3C(=O)C(=O)N12. The summed E-state index contributed by atoms with van der Waals surface area (Å²) in [6.45, 7) is 2.76. The van der Waals surface area contributed by atoms with Gasteiger partial charge < -0.3 is 9.80 Å². The van der Waals surface area contributed by atoms with Crippen LogP contribution in [0.3, 0.4) is 0 Å². The molecule has 4 heterocycles. The predicted molar refractivity (Wildman–Crippen MR) is 103 cm³/mol. The second-order valence-corrected chi connectivity index (χ2v) is 8.75. The Hall–Kier alpha value is -2.74. The summed E-state index contributed by atoms with van der Waals surface area (Å²) in [5.74, 6) is -4.18. The maximum atomic E-state index is 13.4. The van der Waals surface area contributed by atoms with Crippen molar-refractivity contribution in [3.05, 3.63) is 45.9 Å². The molecule has 30 heavy (non-hydrogen) atoms. The van der Waals surface area contributed by atoms with Gasteiger partial charge in [-0.2, -0.15) is 0 Å². The number of fused-ring (bicyclic) bond motifs is 4. The zero-order valence-corrected chi connectivity index (χ0v) is 17.0. The molecule has 0 aromatic heterocycles. The molecule has 1 aromatic rings. The van der Waals surface area contributed by atoms with Crippen LogP contribution in [0.5, 0.6) is 0 Å². The minimum atomic E-state index is -1.26. The molecule has 0 saturated carbocycles. The van der Waals surface area contributed by atoms with Crippen LogP contribution in [-0.2, 0) is 25.7 Å². The van der Waals surface area contributed by atoms with Crippen molar-refractivity contribution in [3.8, 4) is 0 Å². The third kappa shape index (κ3) is 2.43. The molecule has 1 aromatic carbocycles. The quantitative estimate of drug-likeness (QED) is 0.529. The molecule has 9 heteroatoms. The Labute approximate surface area is 177 Å². The predicted octanol–water partition coefficient (Wildman–Crippen LogP) is 1.85. The normalized spacial score (nSPS) is 28.4. The van der Waals surface area contributed by atoms with Crippen LogP contribution in [0.1, 0.15) is 31.7 Å². The highest BCUT2D eigenvalue weighted by Gasteiger charge is 2.62. The molecule has 4 aliphatic rings. The van der Waals surface area contributed by atoms with E-state index in [1.165, 1.54) is 28.0 Å². The lowest BCUT2D eigenvalue weighted by Gasteiger charge is -2.41. The van der Waals surface area contributed by atoms with Crippen LogP contribution in [0.4, 0.5) is 4.39 Å². The number of carbonyl (C=O) groups excluding carboxylic acids is 4. The van der Waals surface area contributed by atoms with Crippen molar-refractivity contribution in [2.24, 2.45) is 5.92 Å². The molecule has 3 amide bonds. The van der Waals surface area contributed by atoms with Crippen LogP contribution in [-0.4, -0.2) is 57.0 Å². The van der Waals surface area contributed by atoms with E-state index >= 15 is 0 Å². The number of hydrogen-bond acceptors (Lipinski definition) is 4. The number of carbonyl (C=O) groups is 4. The first-order valence-electron chi connectivity index (χ1n) is 9.90. The lowest BCUT2D eigenvalue weighted by molar-refractivity contribution is -0.155. The number of likely N-dealkylation sites (tertiary alicyclic amines) is 1. The third-order valence-electron chi connectivity index (χ3n) is 6.66. The van der Waals surface area contributed by atoms with Gasteiger partial charge in [-0.1, -0.05) is 17.7 Å². The van der Waals surface area contributed by atoms with E-state index in [0.29, 0.717) is 37.1 Å². The fraction of sp³-hybridized carbons (Fsp3) is 0.429. The van der Waals surface area contributed by atoms with Gasteiger partial charge in [-0.15, -0.1) is 0 Å². The standard InChI is InChI=1S/C21H19ClFN3O4/c1-21-6-2-7-25(21)19(29)16-12-5-8-24(10-11-3-4-14(23)13(22)9-11)18(28)15(12)17(27)20(30)26(16)21/h3-4,9,15H,2,5-8,10H2,1H3. The molecule has 0 N–H and O–H groups in total. The number of hydrogen-bond donors (Lipinski definition) is 0. The van der Waals surface area contributed by atoms with Crippen molar-refractivity contribution in [2.75, 3.05) is 13.1 Å². The van der Waals surface area contributed by atoms with Gasteiger partial charge in [0.25, 0.3) is 11.8 Å². The molecular weight excluding hydrogens is 413 g/mol. The largest absolute Gasteiger partial charge is 0.337 e.